The van der Waals surface area contributed by atoms with E-state index in [1.165, 1.54) is 17.7 Å². The third kappa shape index (κ3) is 2.24. The number of aromatic nitrogens is 2. The summed E-state index contributed by atoms with van der Waals surface area (Å²) in [5.74, 6) is 1.03. The molecule has 3 rings (SSSR count). The Balaban J connectivity index is 2.03. The molecule has 0 amide bonds. The Morgan fingerprint density at radius 2 is 1.79 bits per heavy atom. The number of rotatable bonds is 2. The molecule has 0 radical (unpaired) electrons. The van der Waals surface area contributed by atoms with Crippen LogP contribution in [0, 0.1) is 5.82 Å². The van der Waals surface area contributed by atoms with E-state index in [1.807, 2.05) is 12.1 Å². The van der Waals surface area contributed by atoms with Crippen LogP contribution >= 0.6 is 0 Å². The third-order valence-electron chi connectivity index (χ3n) is 3.29. The first-order valence-corrected chi connectivity index (χ1v) is 6.39. The van der Waals surface area contributed by atoms with Gasteiger partial charge in [0.25, 0.3) is 0 Å². The highest BCUT2D eigenvalue weighted by atomic mass is 19.1. The highest BCUT2D eigenvalue weighted by Gasteiger charge is 2.06. The second-order valence-electron chi connectivity index (χ2n) is 5.02. The molecule has 0 saturated carbocycles. The molecule has 0 fully saturated rings. The summed E-state index contributed by atoms with van der Waals surface area (Å²) < 4.78 is 13.1. The molecular formula is C16H15FN2. The van der Waals surface area contributed by atoms with Gasteiger partial charge in [-0.1, -0.05) is 38.1 Å². The molecule has 3 aromatic rings. The van der Waals surface area contributed by atoms with Crippen molar-refractivity contribution in [2.75, 3.05) is 0 Å². The molecule has 0 atom stereocenters. The summed E-state index contributed by atoms with van der Waals surface area (Å²) in [6.45, 7) is 4.33. The minimum atomic E-state index is -0.252. The minimum Gasteiger partial charge on any atom is -0.338 e. The maximum atomic E-state index is 13.1. The zero-order valence-electron chi connectivity index (χ0n) is 10.9. The molecule has 0 aliphatic heterocycles. The standard InChI is InChI=1S/C16H15FN2/c1-10(2)11-3-5-12(6-4-11)16-18-14-8-7-13(17)9-15(14)19-16/h3-10H,1-2H3,(H,18,19). The molecule has 0 bridgehead atoms. The lowest BCUT2D eigenvalue weighted by Gasteiger charge is -2.05. The van der Waals surface area contributed by atoms with Gasteiger partial charge in [-0.25, -0.2) is 9.37 Å². The molecule has 0 aliphatic carbocycles. The van der Waals surface area contributed by atoms with Gasteiger partial charge in [0, 0.05) is 5.56 Å². The molecule has 19 heavy (non-hydrogen) atoms. The number of fused-ring (bicyclic) bond motifs is 1. The average Bonchev–Trinajstić information content (AvgIpc) is 2.81. The normalized spacial score (nSPS) is 11.4. The summed E-state index contributed by atoms with van der Waals surface area (Å²) in [6, 6.07) is 12.9. The summed E-state index contributed by atoms with van der Waals surface area (Å²) in [4.78, 5) is 7.63. The fraction of sp³-hybridized carbons (Fsp3) is 0.188. The maximum Gasteiger partial charge on any atom is 0.138 e. The van der Waals surface area contributed by atoms with E-state index in [0.29, 0.717) is 5.92 Å². The highest BCUT2D eigenvalue weighted by Crippen LogP contribution is 2.23. The van der Waals surface area contributed by atoms with Gasteiger partial charge in [-0.15, -0.1) is 0 Å². The van der Waals surface area contributed by atoms with Crippen LogP contribution in [0.15, 0.2) is 42.5 Å². The number of H-pyrrole nitrogens is 1. The quantitative estimate of drug-likeness (QED) is 0.717. The lowest BCUT2D eigenvalue weighted by atomic mass is 10.0. The van der Waals surface area contributed by atoms with Crippen LogP contribution in [0.5, 0.6) is 0 Å². The van der Waals surface area contributed by atoms with Crippen molar-refractivity contribution >= 4 is 11.0 Å². The lowest BCUT2D eigenvalue weighted by molar-refractivity contribution is 0.629. The van der Waals surface area contributed by atoms with Crippen LogP contribution in [-0.2, 0) is 0 Å². The van der Waals surface area contributed by atoms with Crippen molar-refractivity contribution in [2.45, 2.75) is 19.8 Å². The first kappa shape index (κ1) is 11.9. The summed E-state index contributed by atoms with van der Waals surface area (Å²) in [5.41, 5.74) is 3.82. The topological polar surface area (TPSA) is 28.7 Å². The first-order chi connectivity index (χ1) is 9.13. The van der Waals surface area contributed by atoms with Crippen molar-refractivity contribution in [1.82, 2.24) is 9.97 Å². The minimum absolute atomic E-state index is 0.252. The van der Waals surface area contributed by atoms with E-state index >= 15 is 0 Å². The van der Waals surface area contributed by atoms with Gasteiger partial charge in [0.2, 0.25) is 0 Å². The summed E-state index contributed by atoms with van der Waals surface area (Å²) in [6.07, 6.45) is 0. The van der Waals surface area contributed by atoms with Crippen molar-refractivity contribution < 1.29 is 4.39 Å². The van der Waals surface area contributed by atoms with Crippen molar-refractivity contribution in [3.8, 4) is 11.4 Å². The van der Waals surface area contributed by atoms with Crippen molar-refractivity contribution in [3.63, 3.8) is 0 Å². The van der Waals surface area contributed by atoms with E-state index in [1.54, 1.807) is 6.07 Å². The second kappa shape index (κ2) is 4.50. The molecule has 1 N–H and O–H groups in total. The highest BCUT2D eigenvalue weighted by molar-refractivity contribution is 5.79. The van der Waals surface area contributed by atoms with Crippen LogP contribution in [0.4, 0.5) is 4.39 Å². The lowest BCUT2D eigenvalue weighted by Crippen LogP contribution is -1.87. The van der Waals surface area contributed by atoms with Crippen LogP contribution in [0.3, 0.4) is 0 Å². The van der Waals surface area contributed by atoms with Gasteiger partial charge in [0.15, 0.2) is 0 Å². The van der Waals surface area contributed by atoms with Gasteiger partial charge in [-0.05, 0) is 29.7 Å². The Morgan fingerprint density at radius 3 is 2.47 bits per heavy atom. The SMILES string of the molecule is CC(C)c1ccc(-c2nc3ccc(F)cc3[nH]2)cc1. The molecule has 3 heteroatoms. The smallest absolute Gasteiger partial charge is 0.138 e. The van der Waals surface area contributed by atoms with Crippen LogP contribution in [0.1, 0.15) is 25.3 Å². The Labute approximate surface area is 111 Å². The molecule has 1 aromatic heterocycles. The number of aromatic amines is 1. The molecule has 2 aromatic carbocycles. The van der Waals surface area contributed by atoms with Gasteiger partial charge < -0.3 is 4.98 Å². The Bertz CT molecular complexity index is 711. The largest absolute Gasteiger partial charge is 0.338 e. The fourth-order valence-corrected chi connectivity index (χ4v) is 2.14. The van der Waals surface area contributed by atoms with Gasteiger partial charge in [-0.3, -0.25) is 0 Å². The summed E-state index contributed by atoms with van der Waals surface area (Å²) >= 11 is 0. The summed E-state index contributed by atoms with van der Waals surface area (Å²) in [5, 5.41) is 0. The van der Waals surface area contributed by atoms with E-state index in [-0.39, 0.29) is 5.82 Å². The number of nitrogens with zero attached hydrogens (tertiary/aromatic N) is 1. The summed E-state index contributed by atoms with van der Waals surface area (Å²) in [7, 11) is 0. The van der Waals surface area contributed by atoms with Crippen molar-refractivity contribution in [3.05, 3.63) is 53.8 Å². The monoisotopic (exact) mass is 254 g/mol. The number of imidazole rings is 1. The van der Waals surface area contributed by atoms with Gasteiger partial charge in [0.05, 0.1) is 11.0 Å². The van der Waals surface area contributed by atoms with Crippen LogP contribution in [0.2, 0.25) is 0 Å². The zero-order valence-corrected chi connectivity index (χ0v) is 10.9. The van der Waals surface area contributed by atoms with Gasteiger partial charge >= 0.3 is 0 Å². The van der Waals surface area contributed by atoms with E-state index in [4.69, 9.17) is 0 Å². The predicted octanol–water partition coefficient (Wildman–Crippen LogP) is 4.49. The molecule has 96 valence electrons. The van der Waals surface area contributed by atoms with Gasteiger partial charge in [-0.2, -0.15) is 0 Å². The molecule has 0 spiro atoms. The number of hydrogen-bond acceptors (Lipinski definition) is 1. The fourth-order valence-electron chi connectivity index (χ4n) is 2.14. The second-order valence-corrected chi connectivity index (χ2v) is 5.02. The van der Waals surface area contributed by atoms with Crippen LogP contribution in [0.25, 0.3) is 22.4 Å². The Kier molecular flexibility index (Phi) is 2.82. The zero-order chi connectivity index (χ0) is 13.4. The third-order valence-corrected chi connectivity index (χ3v) is 3.29. The van der Waals surface area contributed by atoms with E-state index in [0.717, 1.165) is 22.4 Å². The van der Waals surface area contributed by atoms with E-state index < -0.39 is 0 Å². The van der Waals surface area contributed by atoms with E-state index in [9.17, 15) is 4.39 Å². The number of hydrogen-bond donors (Lipinski definition) is 1. The number of halogens is 1. The van der Waals surface area contributed by atoms with E-state index in [2.05, 4.69) is 35.9 Å². The predicted molar refractivity (Wildman–Crippen MR) is 75.6 cm³/mol. The number of nitrogens with one attached hydrogen (secondary N) is 1. The average molecular weight is 254 g/mol. The van der Waals surface area contributed by atoms with Gasteiger partial charge in [0.1, 0.15) is 11.6 Å². The van der Waals surface area contributed by atoms with Crippen LogP contribution in [-0.4, -0.2) is 9.97 Å². The first-order valence-electron chi connectivity index (χ1n) is 6.39. The molecule has 0 aliphatic rings. The Hall–Kier alpha value is -2.16. The van der Waals surface area contributed by atoms with Crippen molar-refractivity contribution in [1.29, 1.82) is 0 Å². The molecule has 0 unspecified atom stereocenters. The molecule has 1 heterocycles. The maximum absolute atomic E-state index is 13.1. The molecular weight excluding hydrogens is 239 g/mol. The van der Waals surface area contributed by atoms with Crippen LogP contribution < -0.4 is 0 Å². The Morgan fingerprint density at radius 1 is 1.05 bits per heavy atom. The molecule has 0 saturated heterocycles. The van der Waals surface area contributed by atoms with Crippen molar-refractivity contribution in [2.24, 2.45) is 0 Å². The number of benzene rings is 2. The molecule has 2 nitrogen and oxygen atoms in total.